The average molecular weight is 385 g/mol. The Kier molecular flexibility index (Phi) is 5.64. The Bertz CT molecular complexity index is 963. The molecular formula is C19H19N3O6. The van der Waals surface area contributed by atoms with Crippen molar-refractivity contribution in [3.05, 3.63) is 42.0 Å². The summed E-state index contributed by atoms with van der Waals surface area (Å²) in [6.45, 7) is 0. The molecule has 9 heteroatoms. The molecule has 0 radical (unpaired) electrons. The van der Waals surface area contributed by atoms with Crippen molar-refractivity contribution in [2.45, 2.75) is 0 Å². The van der Waals surface area contributed by atoms with Crippen molar-refractivity contribution in [1.29, 1.82) is 0 Å². The van der Waals surface area contributed by atoms with Crippen LogP contribution in [0.3, 0.4) is 0 Å². The van der Waals surface area contributed by atoms with Crippen LogP contribution in [0.15, 0.2) is 40.8 Å². The van der Waals surface area contributed by atoms with E-state index in [1.165, 1.54) is 14.2 Å². The summed E-state index contributed by atoms with van der Waals surface area (Å²) < 4.78 is 26.5. The lowest BCUT2D eigenvalue weighted by Crippen LogP contribution is -2.13. The van der Waals surface area contributed by atoms with Gasteiger partial charge in [0.2, 0.25) is 5.89 Å². The lowest BCUT2D eigenvalue weighted by molar-refractivity contribution is 0.102. The average Bonchev–Trinajstić information content (AvgIpc) is 3.20. The van der Waals surface area contributed by atoms with E-state index in [0.717, 1.165) is 0 Å². The molecule has 9 nitrogen and oxygen atoms in total. The minimum atomic E-state index is -0.478. The molecular weight excluding hydrogens is 366 g/mol. The first-order valence-corrected chi connectivity index (χ1v) is 8.19. The molecule has 1 amide bonds. The first-order chi connectivity index (χ1) is 13.6. The number of para-hydroxylation sites is 1. The number of carbonyl (C=O) groups excluding carboxylic acids is 1. The maximum atomic E-state index is 12.6. The maximum Gasteiger partial charge on any atom is 0.322 e. The number of amides is 1. The van der Waals surface area contributed by atoms with Crippen molar-refractivity contribution in [2.75, 3.05) is 33.8 Å². The first-order valence-electron chi connectivity index (χ1n) is 8.19. The molecule has 3 rings (SSSR count). The number of rotatable bonds is 7. The summed E-state index contributed by atoms with van der Waals surface area (Å²) in [6.07, 6.45) is 0. The van der Waals surface area contributed by atoms with Gasteiger partial charge >= 0.3 is 6.01 Å². The Labute approximate surface area is 161 Å². The van der Waals surface area contributed by atoms with Gasteiger partial charge in [0.25, 0.3) is 5.91 Å². The van der Waals surface area contributed by atoms with Gasteiger partial charge in [-0.25, -0.2) is 0 Å². The van der Waals surface area contributed by atoms with Crippen LogP contribution in [0.4, 0.5) is 6.01 Å². The third-order valence-electron chi connectivity index (χ3n) is 3.89. The Balaban J connectivity index is 1.85. The number of hydrogen-bond donors (Lipinski definition) is 1. The van der Waals surface area contributed by atoms with Crippen molar-refractivity contribution >= 4 is 11.9 Å². The Morgan fingerprint density at radius 2 is 1.64 bits per heavy atom. The van der Waals surface area contributed by atoms with Crippen molar-refractivity contribution in [3.63, 3.8) is 0 Å². The van der Waals surface area contributed by atoms with E-state index >= 15 is 0 Å². The van der Waals surface area contributed by atoms with Crippen LogP contribution < -0.4 is 24.3 Å². The molecule has 0 spiro atoms. The smallest absolute Gasteiger partial charge is 0.322 e. The first kappa shape index (κ1) is 19.0. The highest BCUT2D eigenvalue weighted by Gasteiger charge is 2.19. The Morgan fingerprint density at radius 1 is 0.929 bits per heavy atom. The van der Waals surface area contributed by atoms with Gasteiger partial charge in [-0.1, -0.05) is 11.2 Å². The van der Waals surface area contributed by atoms with Gasteiger partial charge in [-0.3, -0.25) is 10.1 Å². The molecule has 0 atom stereocenters. The van der Waals surface area contributed by atoms with Crippen LogP contribution in [0.5, 0.6) is 23.0 Å². The van der Waals surface area contributed by atoms with E-state index in [0.29, 0.717) is 28.6 Å². The summed E-state index contributed by atoms with van der Waals surface area (Å²) in [5, 5.41) is 10.4. The molecule has 0 bridgehead atoms. The molecule has 0 aliphatic heterocycles. The molecule has 2 aromatic carbocycles. The van der Waals surface area contributed by atoms with Crippen LogP contribution in [0.1, 0.15) is 10.4 Å². The van der Waals surface area contributed by atoms with Gasteiger partial charge in [0.15, 0.2) is 11.5 Å². The van der Waals surface area contributed by atoms with Crippen molar-refractivity contribution in [2.24, 2.45) is 0 Å². The van der Waals surface area contributed by atoms with Gasteiger partial charge in [-0.15, -0.1) is 5.10 Å². The van der Waals surface area contributed by atoms with Gasteiger partial charge in [-0.05, 0) is 24.3 Å². The second-order valence-corrected chi connectivity index (χ2v) is 5.51. The van der Waals surface area contributed by atoms with E-state index in [1.807, 2.05) is 0 Å². The molecule has 0 fully saturated rings. The lowest BCUT2D eigenvalue weighted by Gasteiger charge is -2.11. The van der Waals surface area contributed by atoms with Crippen LogP contribution >= 0.6 is 0 Å². The highest BCUT2D eigenvalue weighted by molar-refractivity contribution is 6.05. The van der Waals surface area contributed by atoms with Gasteiger partial charge in [-0.2, -0.15) is 0 Å². The number of carbonyl (C=O) groups is 1. The molecule has 0 saturated heterocycles. The number of benzene rings is 2. The molecule has 0 aliphatic carbocycles. The van der Waals surface area contributed by atoms with Gasteiger partial charge in [0, 0.05) is 11.6 Å². The fourth-order valence-electron chi connectivity index (χ4n) is 2.55. The number of aromatic nitrogens is 2. The summed E-state index contributed by atoms with van der Waals surface area (Å²) in [7, 11) is 6.03. The van der Waals surface area contributed by atoms with Crippen molar-refractivity contribution in [3.8, 4) is 34.5 Å². The number of nitrogens with zero attached hydrogens (tertiary/aromatic N) is 2. The SMILES string of the molecule is COc1cc(OC)cc(-c2nnc(NC(=O)c3cccc(OC)c3OC)o2)c1. The molecule has 1 aromatic heterocycles. The molecule has 3 aromatic rings. The zero-order valence-corrected chi connectivity index (χ0v) is 15.8. The van der Waals surface area contributed by atoms with Crippen LogP contribution in [0, 0.1) is 0 Å². The molecule has 0 unspecified atom stereocenters. The van der Waals surface area contributed by atoms with Crippen LogP contribution in [-0.2, 0) is 0 Å². The van der Waals surface area contributed by atoms with Crippen LogP contribution in [0.2, 0.25) is 0 Å². The number of hydrogen-bond acceptors (Lipinski definition) is 8. The summed E-state index contributed by atoms with van der Waals surface area (Å²) in [5.74, 6) is 1.60. The zero-order chi connectivity index (χ0) is 20.1. The van der Waals surface area contributed by atoms with Crippen molar-refractivity contribution < 1.29 is 28.2 Å². The predicted octanol–water partition coefficient (Wildman–Crippen LogP) is 3.02. The van der Waals surface area contributed by atoms with E-state index in [2.05, 4.69) is 15.5 Å². The number of anilines is 1. The second-order valence-electron chi connectivity index (χ2n) is 5.51. The number of nitrogens with one attached hydrogen (secondary N) is 1. The zero-order valence-electron chi connectivity index (χ0n) is 15.8. The molecule has 1 N–H and O–H groups in total. The number of ether oxygens (including phenoxy) is 4. The van der Waals surface area contributed by atoms with Gasteiger partial charge < -0.3 is 23.4 Å². The van der Waals surface area contributed by atoms with Crippen LogP contribution in [0.25, 0.3) is 11.5 Å². The fourth-order valence-corrected chi connectivity index (χ4v) is 2.55. The maximum absolute atomic E-state index is 12.6. The highest BCUT2D eigenvalue weighted by Crippen LogP contribution is 2.32. The van der Waals surface area contributed by atoms with E-state index < -0.39 is 5.91 Å². The van der Waals surface area contributed by atoms with Crippen molar-refractivity contribution in [1.82, 2.24) is 10.2 Å². The normalized spacial score (nSPS) is 10.3. The minimum Gasteiger partial charge on any atom is -0.497 e. The molecule has 1 heterocycles. The number of methoxy groups -OCH3 is 4. The monoisotopic (exact) mass is 385 g/mol. The summed E-state index contributed by atoms with van der Waals surface area (Å²) in [4.78, 5) is 12.6. The van der Waals surface area contributed by atoms with E-state index in [-0.39, 0.29) is 17.5 Å². The second kappa shape index (κ2) is 8.30. The molecule has 0 aliphatic rings. The highest BCUT2D eigenvalue weighted by atomic mass is 16.5. The summed E-state index contributed by atoms with van der Waals surface area (Å²) in [5.41, 5.74) is 0.854. The van der Waals surface area contributed by atoms with Gasteiger partial charge in [0.05, 0.1) is 34.0 Å². The Morgan fingerprint density at radius 3 is 2.25 bits per heavy atom. The summed E-state index contributed by atoms with van der Waals surface area (Å²) >= 11 is 0. The van der Waals surface area contributed by atoms with E-state index in [4.69, 9.17) is 23.4 Å². The summed E-state index contributed by atoms with van der Waals surface area (Å²) in [6, 6.07) is 10.1. The van der Waals surface area contributed by atoms with Gasteiger partial charge in [0.1, 0.15) is 11.5 Å². The fraction of sp³-hybridized carbons (Fsp3) is 0.211. The predicted molar refractivity (Wildman–Crippen MR) is 100 cm³/mol. The standard InChI is InChI=1S/C19H19N3O6/c1-24-12-8-11(9-13(10-12)25-2)18-21-22-19(28-18)20-17(23)14-6-5-7-15(26-3)16(14)27-4/h5-10H,1-4H3,(H,20,22,23). The topological polar surface area (TPSA) is 105 Å². The molecule has 0 saturated carbocycles. The molecule has 28 heavy (non-hydrogen) atoms. The van der Waals surface area contributed by atoms with E-state index in [9.17, 15) is 4.79 Å². The third kappa shape index (κ3) is 3.83. The van der Waals surface area contributed by atoms with E-state index in [1.54, 1.807) is 50.6 Å². The van der Waals surface area contributed by atoms with Crippen LogP contribution in [-0.4, -0.2) is 44.5 Å². The minimum absolute atomic E-state index is 0.0633. The largest absolute Gasteiger partial charge is 0.497 e. The quantitative estimate of drug-likeness (QED) is 0.662. The Hall–Kier alpha value is -3.75. The third-order valence-corrected chi connectivity index (χ3v) is 3.89. The molecule has 146 valence electrons. The lowest BCUT2D eigenvalue weighted by atomic mass is 10.1.